The van der Waals surface area contributed by atoms with Crippen molar-refractivity contribution in [2.24, 2.45) is 0 Å². The molecule has 6 heteroatoms. The van der Waals surface area contributed by atoms with Gasteiger partial charge in [0.25, 0.3) is 5.91 Å². The molecule has 0 aliphatic carbocycles. The minimum absolute atomic E-state index is 0.0895. The third kappa shape index (κ3) is 21.2. The van der Waals surface area contributed by atoms with E-state index in [0.717, 1.165) is 57.1 Å². The van der Waals surface area contributed by atoms with Crippen LogP contribution in [0.2, 0.25) is 0 Å². The molecule has 0 bridgehead atoms. The van der Waals surface area contributed by atoms with Crippen LogP contribution in [-0.2, 0) is 4.79 Å². The molecule has 0 aromatic carbocycles. The van der Waals surface area contributed by atoms with Crippen LogP contribution in [-0.4, -0.2) is 33.7 Å². The van der Waals surface area contributed by atoms with Crippen molar-refractivity contribution >= 4 is 33.3 Å². The molecule has 39 heavy (non-hydrogen) atoms. The third-order valence-corrected chi connectivity index (χ3v) is 8.93. The summed E-state index contributed by atoms with van der Waals surface area (Å²) in [6, 6.07) is 3.52. The Morgan fingerprint density at radius 2 is 1.46 bits per heavy atom. The lowest BCUT2D eigenvalue weighted by atomic mass is 10.1. The molecule has 0 saturated carbocycles. The molecular formula is C33H48N2O2S2. The molecule has 0 aliphatic rings. The fraction of sp³-hybridized carbons (Fsp3) is 0.485. The minimum Gasteiger partial charge on any atom is -0.351 e. The number of carbonyl (C=O) groups excluding carboxylic acids is 2. The predicted octanol–water partition coefficient (Wildman–Crippen LogP) is 9.24. The lowest BCUT2D eigenvalue weighted by Crippen LogP contribution is -2.35. The number of hydrogen-bond donors (Lipinski definition) is 1. The summed E-state index contributed by atoms with van der Waals surface area (Å²) in [7, 11) is 3.53. The number of nitrogens with one attached hydrogen (secondary N) is 1. The molecular weight excluding hydrogens is 521 g/mol. The Balaban J connectivity index is 1.99. The summed E-state index contributed by atoms with van der Waals surface area (Å²) in [6.07, 6.45) is 34.4. The molecule has 1 rings (SSSR count). The largest absolute Gasteiger partial charge is 0.351 e. The first-order chi connectivity index (χ1) is 18.9. The predicted molar refractivity (Wildman–Crippen MR) is 173 cm³/mol. The fourth-order valence-electron chi connectivity index (χ4n) is 3.36. The topological polar surface area (TPSA) is 59.1 Å². The maximum absolute atomic E-state index is 12.2. The van der Waals surface area contributed by atoms with Crippen molar-refractivity contribution in [2.75, 3.05) is 12.3 Å². The van der Waals surface area contributed by atoms with Gasteiger partial charge in [-0.05, 0) is 77.3 Å². The van der Waals surface area contributed by atoms with Crippen molar-refractivity contribution in [1.82, 2.24) is 10.3 Å². The van der Waals surface area contributed by atoms with E-state index in [1.54, 1.807) is 46.1 Å². The first-order valence-corrected chi connectivity index (χ1v) is 16.5. The van der Waals surface area contributed by atoms with E-state index in [-0.39, 0.29) is 10.7 Å². The van der Waals surface area contributed by atoms with Crippen LogP contribution in [0.4, 0.5) is 0 Å². The maximum Gasteiger partial charge on any atom is 0.252 e. The highest BCUT2D eigenvalue weighted by Crippen LogP contribution is 2.35. The number of allylic oxidation sites excluding steroid dienone is 10. The third-order valence-electron chi connectivity index (χ3n) is 5.55. The molecule has 214 valence electrons. The lowest BCUT2D eigenvalue weighted by molar-refractivity contribution is -0.119. The van der Waals surface area contributed by atoms with Gasteiger partial charge in [0.2, 0.25) is 0 Å². The molecule has 1 aromatic heterocycles. The van der Waals surface area contributed by atoms with Crippen LogP contribution in [0, 0.1) is 0 Å². The molecule has 0 fully saturated rings. The Morgan fingerprint density at radius 3 is 2.05 bits per heavy atom. The highest BCUT2D eigenvalue weighted by molar-refractivity contribution is 8.77. The zero-order chi connectivity index (χ0) is 28.4. The van der Waals surface area contributed by atoms with Crippen molar-refractivity contribution in [1.29, 1.82) is 0 Å². The van der Waals surface area contributed by atoms with Crippen molar-refractivity contribution in [3.05, 3.63) is 90.9 Å². The van der Waals surface area contributed by atoms with Gasteiger partial charge in [-0.2, -0.15) is 0 Å². The molecule has 1 heterocycles. The number of amides is 1. The number of Topliss-reactive ketones (excluding diaryl/α,β-unsaturated/α-hetero) is 1. The summed E-state index contributed by atoms with van der Waals surface area (Å²) in [5.41, 5.74) is 0.575. The van der Waals surface area contributed by atoms with Crippen LogP contribution < -0.4 is 5.32 Å². The van der Waals surface area contributed by atoms with Crippen LogP contribution in [0.1, 0.15) is 95.3 Å². The van der Waals surface area contributed by atoms with Gasteiger partial charge >= 0.3 is 0 Å². The molecule has 1 aromatic rings. The maximum atomic E-state index is 12.2. The van der Waals surface area contributed by atoms with E-state index in [0.29, 0.717) is 30.7 Å². The summed E-state index contributed by atoms with van der Waals surface area (Å²) in [4.78, 5) is 28.3. The molecule has 4 nitrogen and oxygen atoms in total. The molecule has 0 radical (unpaired) electrons. The Morgan fingerprint density at radius 1 is 0.872 bits per heavy atom. The van der Waals surface area contributed by atoms with Crippen LogP contribution in [0.25, 0.3) is 0 Å². The van der Waals surface area contributed by atoms with Gasteiger partial charge in [0, 0.05) is 42.3 Å². The average Bonchev–Trinajstić information content (AvgIpc) is 2.93. The van der Waals surface area contributed by atoms with Gasteiger partial charge in [-0.25, -0.2) is 0 Å². The number of aromatic nitrogens is 1. The molecule has 0 saturated heterocycles. The van der Waals surface area contributed by atoms with E-state index in [2.05, 4.69) is 91.8 Å². The van der Waals surface area contributed by atoms with E-state index in [1.807, 2.05) is 0 Å². The normalized spacial score (nSPS) is 12.6. The van der Waals surface area contributed by atoms with Gasteiger partial charge in [0.1, 0.15) is 5.78 Å². The van der Waals surface area contributed by atoms with Gasteiger partial charge in [0.15, 0.2) is 0 Å². The Labute approximate surface area is 245 Å². The summed E-state index contributed by atoms with van der Waals surface area (Å²) in [5.74, 6) is 1.19. The van der Waals surface area contributed by atoms with Crippen molar-refractivity contribution < 1.29 is 9.59 Å². The second-order valence-corrected chi connectivity index (χ2v) is 13.0. The number of ketones is 1. The monoisotopic (exact) mass is 568 g/mol. The highest BCUT2D eigenvalue weighted by Gasteiger charge is 2.20. The number of nitrogens with zero attached hydrogens (tertiary/aromatic N) is 1. The first-order valence-electron chi connectivity index (χ1n) is 14.2. The standard InChI is InChI=1S/C33H48N2O2S2/c1-4-5-6-7-8-9-10-11-12-13-14-15-16-17-18-19-20-24-31(36)25-22-27-38-39-33(2,3)29-35-32(37)30-23-21-26-34-28-30/h5-6,8-9,11-12,14-15,17-18,21,23,26,28H,4,7,10,13,16,19-20,22,24-25,27,29H2,1-3H3,(H,35,37)/b6-5-,9-8-,12-11-,15-14-,18-17-. The van der Waals surface area contributed by atoms with Gasteiger partial charge < -0.3 is 5.32 Å². The number of rotatable bonds is 22. The zero-order valence-corrected chi connectivity index (χ0v) is 25.8. The second kappa shape index (κ2) is 23.6. The zero-order valence-electron chi connectivity index (χ0n) is 24.1. The minimum atomic E-state index is -0.100. The van der Waals surface area contributed by atoms with Crippen molar-refractivity contribution in [3.8, 4) is 0 Å². The van der Waals surface area contributed by atoms with Gasteiger partial charge in [0.05, 0.1) is 5.56 Å². The van der Waals surface area contributed by atoms with E-state index < -0.39 is 0 Å². The van der Waals surface area contributed by atoms with Gasteiger partial charge in [-0.1, -0.05) is 89.3 Å². The van der Waals surface area contributed by atoms with Crippen LogP contribution in [0.3, 0.4) is 0 Å². The first kappa shape index (κ1) is 34.7. The molecule has 0 aliphatic heterocycles. The molecule has 0 spiro atoms. The smallest absolute Gasteiger partial charge is 0.252 e. The number of pyridine rings is 1. The Kier molecular flexibility index (Phi) is 21.0. The Hall–Kier alpha value is -2.31. The van der Waals surface area contributed by atoms with Crippen LogP contribution in [0.5, 0.6) is 0 Å². The van der Waals surface area contributed by atoms with E-state index in [9.17, 15) is 9.59 Å². The van der Waals surface area contributed by atoms with Gasteiger partial charge in [-0.3, -0.25) is 14.6 Å². The van der Waals surface area contributed by atoms with Crippen LogP contribution in [0.15, 0.2) is 85.3 Å². The number of carbonyl (C=O) groups is 2. The summed E-state index contributed by atoms with van der Waals surface area (Å²) < 4.78 is -0.0895. The highest BCUT2D eigenvalue weighted by atomic mass is 33.1. The van der Waals surface area contributed by atoms with Crippen molar-refractivity contribution in [3.63, 3.8) is 0 Å². The average molecular weight is 569 g/mol. The fourth-order valence-corrected chi connectivity index (χ4v) is 5.89. The SMILES string of the molecule is CC/C=C\C/C=C\C/C=C\C/C=C\C/C=C\CCCC(=O)CCCSSC(C)(C)CNC(=O)c1cccnc1. The summed E-state index contributed by atoms with van der Waals surface area (Å²) in [6.45, 7) is 6.97. The van der Waals surface area contributed by atoms with Crippen molar-refractivity contribution in [2.45, 2.75) is 89.7 Å². The van der Waals surface area contributed by atoms with Gasteiger partial charge in [-0.15, -0.1) is 0 Å². The van der Waals surface area contributed by atoms with E-state index in [4.69, 9.17) is 0 Å². The molecule has 0 atom stereocenters. The quantitative estimate of drug-likeness (QED) is 0.0858. The molecule has 0 unspecified atom stereocenters. The summed E-state index contributed by atoms with van der Waals surface area (Å²) in [5, 5.41) is 2.98. The van der Waals surface area contributed by atoms with E-state index in [1.165, 1.54) is 0 Å². The second-order valence-electron chi connectivity index (χ2n) is 9.83. The van der Waals surface area contributed by atoms with E-state index >= 15 is 0 Å². The summed E-state index contributed by atoms with van der Waals surface area (Å²) >= 11 is 0. The molecule has 1 N–H and O–H groups in total. The lowest BCUT2D eigenvalue weighted by Gasteiger charge is -2.23. The number of unbranched alkanes of at least 4 members (excludes halogenated alkanes) is 1. The number of hydrogen-bond acceptors (Lipinski definition) is 5. The molecule has 1 amide bonds. The van der Waals surface area contributed by atoms with Crippen LogP contribution >= 0.6 is 21.6 Å². The Bertz CT molecular complexity index is 934.